The Balaban J connectivity index is 1.63. The van der Waals surface area contributed by atoms with Crippen LogP contribution in [0.15, 0.2) is 53.6 Å². The maximum absolute atomic E-state index is 12.7. The van der Waals surface area contributed by atoms with Crippen LogP contribution in [-0.2, 0) is 4.79 Å². The summed E-state index contributed by atoms with van der Waals surface area (Å²) in [5, 5.41) is 1.72. The molecule has 0 bridgehead atoms. The van der Waals surface area contributed by atoms with Gasteiger partial charge < -0.3 is 9.64 Å². The molecule has 29 heavy (non-hydrogen) atoms. The molecular weight excluding hydrogens is 382 g/mol. The van der Waals surface area contributed by atoms with Crippen molar-refractivity contribution in [1.82, 2.24) is 14.9 Å². The lowest BCUT2D eigenvalue weighted by Gasteiger charge is -2.30. The second-order valence-corrected chi connectivity index (χ2v) is 8.42. The molecule has 4 rings (SSSR count). The summed E-state index contributed by atoms with van der Waals surface area (Å²) in [4.78, 5) is 24.2. The minimum atomic E-state index is 0.179. The van der Waals surface area contributed by atoms with E-state index in [-0.39, 0.29) is 5.91 Å². The lowest BCUT2D eigenvalue weighted by Crippen LogP contribution is -2.38. The van der Waals surface area contributed by atoms with Gasteiger partial charge in [-0.1, -0.05) is 49.0 Å². The van der Waals surface area contributed by atoms with E-state index in [1.807, 2.05) is 53.4 Å². The zero-order chi connectivity index (χ0) is 20.2. The normalized spacial score (nSPS) is 14.9. The highest BCUT2D eigenvalue weighted by atomic mass is 32.2. The molecule has 5 nitrogen and oxygen atoms in total. The van der Waals surface area contributed by atoms with E-state index in [4.69, 9.17) is 14.7 Å². The van der Waals surface area contributed by atoms with Crippen LogP contribution < -0.4 is 4.74 Å². The van der Waals surface area contributed by atoms with Crippen molar-refractivity contribution in [3.63, 3.8) is 0 Å². The molecule has 0 radical (unpaired) electrons. The smallest absolute Gasteiger partial charge is 0.232 e. The van der Waals surface area contributed by atoms with Crippen molar-refractivity contribution in [2.45, 2.75) is 24.8 Å². The van der Waals surface area contributed by atoms with Crippen LogP contribution in [-0.4, -0.2) is 46.7 Å². The summed E-state index contributed by atoms with van der Waals surface area (Å²) in [7, 11) is 1.65. The summed E-state index contributed by atoms with van der Waals surface area (Å²) in [6.45, 7) is 3.96. The third-order valence-electron chi connectivity index (χ3n) is 5.37. The molecular formula is C23H25N3O2S. The van der Waals surface area contributed by atoms with Crippen molar-refractivity contribution in [3.8, 4) is 17.1 Å². The number of fused-ring (bicyclic) bond motifs is 1. The molecule has 0 atom stereocenters. The minimum absolute atomic E-state index is 0.179. The van der Waals surface area contributed by atoms with Crippen LogP contribution in [0.4, 0.5) is 0 Å². The maximum Gasteiger partial charge on any atom is 0.232 e. The van der Waals surface area contributed by atoms with Crippen LogP contribution in [0.25, 0.3) is 22.3 Å². The number of aromatic nitrogens is 2. The fourth-order valence-corrected chi connectivity index (χ4v) is 4.42. The average Bonchev–Trinajstić information content (AvgIpc) is 2.77. The second-order valence-electron chi connectivity index (χ2n) is 7.45. The SMILES string of the molecule is COc1ccc2nc(-c3ccccc3)nc(SCC(=O)N3CCC(C)CC3)c2c1. The summed E-state index contributed by atoms with van der Waals surface area (Å²) in [5.74, 6) is 2.69. The molecule has 1 amide bonds. The van der Waals surface area contributed by atoms with Crippen LogP contribution >= 0.6 is 11.8 Å². The first kappa shape index (κ1) is 19.7. The van der Waals surface area contributed by atoms with Gasteiger partial charge in [0.25, 0.3) is 0 Å². The molecule has 150 valence electrons. The van der Waals surface area contributed by atoms with Gasteiger partial charge in [-0.15, -0.1) is 0 Å². The molecule has 1 aliphatic heterocycles. The molecule has 6 heteroatoms. The summed E-state index contributed by atoms with van der Waals surface area (Å²) < 4.78 is 5.38. The third kappa shape index (κ3) is 4.53. The number of benzene rings is 2. The first-order chi connectivity index (χ1) is 14.1. The quantitative estimate of drug-likeness (QED) is 0.455. The number of carbonyl (C=O) groups excluding carboxylic acids is 1. The van der Waals surface area contributed by atoms with E-state index in [2.05, 4.69) is 6.92 Å². The fraction of sp³-hybridized carbons (Fsp3) is 0.348. The van der Waals surface area contributed by atoms with E-state index in [9.17, 15) is 4.79 Å². The molecule has 0 aliphatic carbocycles. The Morgan fingerprint density at radius 1 is 1.14 bits per heavy atom. The summed E-state index contributed by atoms with van der Waals surface area (Å²) in [6.07, 6.45) is 2.17. The van der Waals surface area contributed by atoms with Gasteiger partial charge in [0.05, 0.1) is 18.4 Å². The molecule has 1 saturated heterocycles. The van der Waals surface area contributed by atoms with Gasteiger partial charge in [-0.25, -0.2) is 9.97 Å². The zero-order valence-electron chi connectivity index (χ0n) is 16.8. The van der Waals surface area contributed by atoms with E-state index in [1.165, 1.54) is 11.8 Å². The molecule has 0 saturated carbocycles. The number of likely N-dealkylation sites (tertiary alicyclic amines) is 1. The number of methoxy groups -OCH3 is 1. The Hall–Kier alpha value is -2.60. The van der Waals surface area contributed by atoms with Crippen LogP contribution in [0.5, 0.6) is 5.75 Å². The number of piperidine rings is 1. The van der Waals surface area contributed by atoms with Gasteiger partial charge >= 0.3 is 0 Å². The van der Waals surface area contributed by atoms with Crippen molar-refractivity contribution in [3.05, 3.63) is 48.5 Å². The van der Waals surface area contributed by atoms with E-state index >= 15 is 0 Å². The standard InChI is InChI=1S/C23H25N3O2S/c1-16-10-12-26(13-11-16)21(27)15-29-23-19-14-18(28-2)8-9-20(19)24-22(25-23)17-6-4-3-5-7-17/h3-9,14,16H,10-13,15H2,1-2H3. The number of hydrogen-bond acceptors (Lipinski definition) is 5. The van der Waals surface area contributed by atoms with Gasteiger partial charge in [0.2, 0.25) is 5.91 Å². The lowest BCUT2D eigenvalue weighted by atomic mass is 9.99. The minimum Gasteiger partial charge on any atom is -0.497 e. The van der Waals surface area contributed by atoms with Crippen molar-refractivity contribution >= 4 is 28.6 Å². The molecule has 3 aromatic rings. The third-order valence-corrected chi connectivity index (χ3v) is 6.34. The first-order valence-electron chi connectivity index (χ1n) is 9.96. The molecule has 0 spiro atoms. The Morgan fingerprint density at radius 3 is 2.62 bits per heavy atom. The number of hydrogen-bond donors (Lipinski definition) is 0. The van der Waals surface area contributed by atoms with Crippen molar-refractivity contribution in [2.24, 2.45) is 5.92 Å². The molecule has 0 unspecified atom stereocenters. The topological polar surface area (TPSA) is 55.3 Å². The number of thioether (sulfide) groups is 1. The van der Waals surface area contributed by atoms with Gasteiger partial charge in [0, 0.05) is 24.0 Å². The molecule has 1 fully saturated rings. The molecule has 0 N–H and O–H groups in total. The zero-order valence-corrected chi connectivity index (χ0v) is 17.6. The van der Waals surface area contributed by atoms with Crippen molar-refractivity contribution in [1.29, 1.82) is 0 Å². The Bertz CT molecular complexity index is 1000. The molecule has 2 aromatic carbocycles. The highest BCUT2D eigenvalue weighted by Crippen LogP contribution is 2.31. The van der Waals surface area contributed by atoms with Gasteiger partial charge in [0.15, 0.2) is 5.82 Å². The summed E-state index contributed by atoms with van der Waals surface area (Å²) in [5.41, 5.74) is 1.81. The van der Waals surface area contributed by atoms with Gasteiger partial charge in [-0.3, -0.25) is 4.79 Å². The lowest BCUT2D eigenvalue weighted by molar-refractivity contribution is -0.129. The van der Waals surface area contributed by atoms with E-state index in [0.29, 0.717) is 17.5 Å². The van der Waals surface area contributed by atoms with Crippen LogP contribution in [0.3, 0.4) is 0 Å². The largest absolute Gasteiger partial charge is 0.497 e. The second kappa shape index (κ2) is 8.82. The fourth-order valence-electron chi connectivity index (χ4n) is 3.51. The van der Waals surface area contributed by atoms with Gasteiger partial charge in [0.1, 0.15) is 10.8 Å². The van der Waals surface area contributed by atoms with Crippen molar-refractivity contribution < 1.29 is 9.53 Å². The van der Waals surface area contributed by atoms with Crippen LogP contribution in [0, 0.1) is 5.92 Å². The van der Waals surface area contributed by atoms with Gasteiger partial charge in [-0.2, -0.15) is 0 Å². The molecule has 1 aromatic heterocycles. The first-order valence-corrected chi connectivity index (χ1v) is 10.9. The highest BCUT2D eigenvalue weighted by Gasteiger charge is 2.21. The number of carbonyl (C=O) groups is 1. The Kier molecular flexibility index (Phi) is 6.00. The van der Waals surface area contributed by atoms with E-state index in [0.717, 1.165) is 53.2 Å². The number of nitrogens with zero attached hydrogens (tertiary/aromatic N) is 3. The molecule has 2 heterocycles. The Morgan fingerprint density at radius 2 is 1.90 bits per heavy atom. The predicted molar refractivity (Wildman–Crippen MR) is 117 cm³/mol. The van der Waals surface area contributed by atoms with Gasteiger partial charge in [-0.05, 0) is 37.0 Å². The summed E-state index contributed by atoms with van der Waals surface area (Å²) >= 11 is 1.48. The van der Waals surface area contributed by atoms with E-state index in [1.54, 1.807) is 7.11 Å². The number of amides is 1. The van der Waals surface area contributed by atoms with Crippen molar-refractivity contribution in [2.75, 3.05) is 26.0 Å². The van der Waals surface area contributed by atoms with E-state index < -0.39 is 0 Å². The molecule has 1 aliphatic rings. The highest BCUT2D eigenvalue weighted by molar-refractivity contribution is 8.00. The van der Waals surface area contributed by atoms with Crippen LogP contribution in [0.1, 0.15) is 19.8 Å². The average molecular weight is 408 g/mol. The number of rotatable bonds is 5. The monoisotopic (exact) mass is 407 g/mol. The Labute approximate surface area is 175 Å². The maximum atomic E-state index is 12.7. The number of ether oxygens (including phenoxy) is 1. The van der Waals surface area contributed by atoms with Crippen LogP contribution in [0.2, 0.25) is 0 Å². The predicted octanol–water partition coefficient (Wildman–Crippen LogP) is 4.66. The summed E-state index contributed by atoms with van der Waals surface area (Å²) in [6, 6.07) is 15.7.